The number of aryl methyl sites for hydroxylation is 1. The largest absolute Gasteiger partial charge is 0.344 e. The molecular weight excluding hydrogens is 566 g/mol. The van der Waals surface area contributed by atoms with Crippen molar-refractivity contribution in [3.63, 3.8) is 0 Å². The van der Waals surface area contributed by atoms with Crippen molar-refractivity contribution < 1.29 is 18.4 Å². The molecule has 9 nitrogen and oxygen atoms in total. The van der Waals surface area contributed by atoms with Gasteiger partial charge in [-0.15, -0.1) is 10.2 Å². The molecule has 0 aliphatic heterocycles. The quantitative estimate of drug-likeness (QED) is 0.287. The molecule has 2 atom stereocenters. The van der Waals surface area contributed by atoms with Crippen molar-refractivity contribution in [2.45, 2.75) is 44.7 Å². The minimum atomic E-state index is -3.09. The standard InChI is InChI=1S/C30H29ClF2N6O3/c1-17(2)39-15-20(7-11-26(39)40)19-6-10-24(31)21(12-19)13-25(36-28(41)23-14-30(23,32)33)29(42)35-22-8-4-18(5-9-22)27-37-34-16-38(27)3/h4-12,15-17,23,25H,13-14H2,1-3H3,(H,35,42)(H,36,41)/t23-,25+/m1/s1. The lowest BCUT2D eigenvalue weighted by Gasteiger charge is -2.20. The summed E-state index contributed by atoms with van der Waals surface area (Å²) in [6, 6.07) is 14.0. The first-order valence-electron chi connectivity index (χ1n) is 13.4. The molecule has 0 saturated heterocycles. The number of pyridine rings is 1. The number of amides is 2. The minimum Gasteiger partial charge on any atom is -0.344 e. The first-order chi connectivity index (χ1) is 19.9. The van der Waals surface area contributed by atoms with Gasteiger partial charge < -0.3 is 19.8 Å². The topological polar surface area (TPSA) is 111 Å². The second kappa shape index (κ2) is 11.5. The molecule has 0 bridgehead atoms. The number of benzene rings is 2. The van der Waals surface area contributed by atoms with Crippen molar-refractivity contribution in [1.82, 2.24) is 24.6 Å². The molecule has 2 amide bonds. The summed E-state index contributed by atoms with van der Waals surface area (Å²) in [5.74, 6) is -5.40. The molecule has 0 spiro atoms. The second-order valence-corrected chi connectivity index (χ2v) is 11.1. The van der Waals surface area contributed by atoms with Gasteiger partial charge in [-0.1, -0.05) is 17.7 Å². The summed E-state index contributed by atoms with van der Waals surface area (Å²) >= 11 is 6.50. The van der Waals surface area contributed by atoms with Crippen LogP contribution in [0.4, 0.5) is 14.5 Å². The van der Waals surface area contributed by atoms with Crippen LogP contribution >= 0.6 is 11.6 Å². The lowest BCUT2D eigenvalue weighted by molar-refractivity contribution is -0.128. The highest BCUT2D eigenvalue weighted by atomic mass is 35.5. The van der Waals surface area contributed by atoms with Gasteiger partial charge in [-0.2, -0.15) is 0 Å². The van der Waals surface area contributed by atoms with Crippen molar-refractivity contribution >= 4 is 29.1 Å². The van der Waals surface area contributed by atoms with Gasteiger partial charge >= 0.3 is 0 Å². The molecule has 5 rings (SSSR count). The van der Waals surface area contributed by atoms with Gasteiger partial charge in [0.05, 0.1) is 0 Å². The van der Waals surface area contributed by atoms with Gasteiger partial charge in [0.1, 0.15) is 18.3 Å². The minimum absolute atomic E-state index is 0.0522. The fourth-order valence-electron chi connectivity index (χ4n) is 4.66. The van der Waals surface area contributed by atoms with Crippen molar-refractivity contribution in [3.8, 4) is 22.5 Å². The molecule has 2 aromatic heterocycles. The first-order valence-corrected chi connectivity index (χ1v) is 13.7. The Balaban J connectivity index is 1.40. The third kappa shape index (κ3) is 6.25. The maximum atomic E-state index is 13.7. The van der Waals surface area contributed by atoms with Gasteiger partial charge in [0.25, 0.3) is 11.5 Å². The Bertz CT molecular complexity index is 1700. The molecule has 2 aromatic carbocycles. The Kier molecular flexibility index (Phi) is 7.96. The Morgan fingerprint density at radius 2 is 1.74 bits per heavy atom. The van der Waals surface area contributed by atoms with Crippen LogP contribution in [0.2, 0.25) is 5.02 Å². The van der Waals surface area contributed by atoms with Crippen LogP contribution < -0.4 is 16.2 Å². The summed E-state index contributed by atoms with van der Waals surface area (Å²) in [4.78, 5) is 38.3. The molecule has 2 heterocycles. The predicted molar refractivity (Wildman–Crippen MR) is 155 cm³/mol. The molecule has 0 unspecified atom stereocenters. The highest BCUT2D eigenvalue weighted by Crippen LogP contribution is 2.48. The first kappa shape index (κ1) is 29.1. The van der Waals surface area contributed by atoms with Crippen molar-refractivity contribution in [2.24, 2.45) is 13.0 Å². The summed E-state index contributed by atoms with van der Waals surface area (Å²) in [5, 5.41) is 13.5. The van der Waals surface area contributed by atoms with Crippen LogP contribution in [0.25, 0.3) is 22.5 Å². The number of nitrogens with zero attached hydrogens (tertiary/aromatic N) is 4. The highest BCUT2D eigenvalue weighted by Gasteiger charge is 2.61. The molecule has 4 aromatic rings. The van der Waals surface area contributed by atoms with E-state index in [0.29, 0.717) is 22.1 Å². The van der Waals surface area contributed by atoms with Gasteiger partial charge in [0, 0.05) is 54.5 Å². The fourth-order valence-corrected chi connectivity index (χ4v) is 4.86. The maximum absolute atomic E-state index is 13.7. The SMILES string of the molecule is CC(C)n1cc(-c2ccc(Cl)c(C[C@H](NC(=O)[C@H]3CC3(F)F)C(=O)Nc3ccc(-c4nncn4C)cc3)c2)ccc1=O. The molecular formula is C30H29ClF2N6O3. The molecule has 0 radical (unpaired) electrons. The number of anilines is 1. The summed E-state index contributed by atoms with van der Waals surface area (Å²) in [7, 11) is 1.81. The smallest absolute Gasteiger partial charge is 0.260 e. The van der Waals surface area contributed by atoms with E-state index in [1.807, 2.05) is 20.9 Å². The Labute approximate surface area is 245 Å². The normalized spacial score (nSPS) is 16.2. The summed E-state index contributed by atoms with van der Waals surface area (Å²) < 4.78 is 30.7. The lowest BCUT2D eigenvalue weighted by atomic mass is 9.99. The summed E-state index contributed by atoms with van der Waals surface area (Å²) in [6.45, 7) is 3.80. The molecule has 1 saturated carbocycles. The molecule has 1 fully saturated rings. The summed E-state index contributed by atoms with van der Waals surface area (Å²) in [5.41, 5.74) is 3.11. The number of aromatic nitrogens is 4. The van der Waals surface area contributed by atoms with Crippen LogP contribution in [-0.2, 0) is 23.1 Å². The van der Waals surface area contributed by atoms with E-state index < -0.39 is 36.1 Å². The lowest BCUT2D eigenvalue weighted by Crippen LogP contribution is -2.46. The molecule has 42 heavy (non-hydrogen) atoms. The van der Waals surface area contributed by atoms with E-state index in [-0.39, 0.29) is 18.0 Å². The average molecular weight is 595 g/mol. The van der Waals surface area contributed by atoms with E-state index in [0.717, 1.165) is 16.7 Å². The van der Waals surface area contributed by atoms with E-state index in [9.17, 15) is 23.2 Å². The van der Waals surface area contributed by atoms with Crippen LogP contribution in [-0.4, -0.2) is 43.1 Å². The monoisotopic (exact) mass is 594 g/mol. The van der Waals surface area contributed by atoms with Crippen LogP contribution in [0, 0.1) is 5.92 Å². The number of hydrogen-bond acceptors (Lipinski definition) is 5. The second-order valence-electron chi connectivity index (χ2n) is 10.7. The van der Waals surface area contributed by atoms with Crippen molar-refractivity contribution in [3.05, 3.63) is 88.1 Å². The number of carbonyl (C=O) groups is 2. The summed E-state index contributed by atoms with van der Waals surface area (Å²) in [6.07, 6.45) is 2.70. The van der Waals surface area contributed by atoms with Gasteiger partial charge in [0.2, 0.25) is 11.8 Å². The van der Waals surface area contributed by atoms with E-state index in [1.54, 1.807) is 70.2 Å². The van der Waals surface area contributed by atoms with E-state index >= 15 is 0 Å². The number of hydrogen-bond donors (Lipinski definition) is 2. The van der Waals surface area contributed by atoms with Crippen LogP contribution in [0.5, 0.6) is 0 Å². The van der Waals surface area contributed by atoms with Crippen molar-refractivity contribution in [2.75, 3.05) is 5.32 Å². The van der Waals surface area contributed by atoms with Crippen LogP contribution in [0.3, 0.4) is 0 Å². The highest BCUT2D eigenvalue weighted by molar-refractivity contribution is 6.31. The number of nitrogens with one attached hydrogen (secondary N) is 2. The number of carbonyl (C=O) groups excluding carboxylic acids is 2. The number of alkyl halides is 2. The predicted octanol–water partition coefficient (Wildman–Crippen LogP) is 4.87. The van der Waals surface area contributed by atoms with Gasteiger partial charge in [-0.3, -0.25) is 14.4 Å². The molecule has 218 valence electrons. The maximum Gasteiger partial charge on any atom is 0.260 e. The zero-order chi connectivity index (χ0) is 30.2. The fraction of sp³-hybridized carbons (Fsp3) is 0.300. The van der Waals surface area contributed by atoms with E-state index in [1.165, 1.54) is 6.07 Å². The Morgan fingerprint density at radius 1 is 1.07 bits per heavy atom. The van der Waals surface area contributed by atoms with Crippen LogP contribution in [0.1, 0.15) is 31.9 Å². The number of halogens is 3. The zero-order valence-electron chi connectivity index (χ0n) is 23.1. The molecule has 1 aliphatic carbocycles. The number of rotatable bonds is 9. The third-order valence-electron chi connectivity index (χ3n) is 7.20. The van der Waals surface area contributed by atoms with Gasteiger partial charge in [-0.25, -0.2) is 8.78 Å². The van der Waals surface area contributed by atoms with Crippen molar-refractivity contribution in [1.29, 1.82) is 0 Å². The van der Waals surface area contributed by atoms with Gasteiger partial charge in [0.15, 0.2) is 5.82 Å². The van der Waals surface area contributed by atoms with Crippen LogP contribution in [0.15, 0.2) is 71.9 Å². The van der Waals surface area contributed by atoms with E-state index in [4.69, 9.17) is 11.6 Å². The van der Waals surface area contributed by atoms with Gasteiger partial charge in [-0.05, 0) is 73.0 Å². The zero-order valence-corrected chi connectivity index (χ0v) is 23.9. The van der Waals surface area contributed by atoms with E-state index in [2.05, 4.69) is 20.8 Å². The Hall–Kier alpha value is -4.38. The average Bonchev–Trinajstić information content (AvgIpc) is 3.38. The molecule has 2 N–H and O–H groups in total. The molecule has 12 heteroatoms. The molecule has 1 aliphatic rings. The third-order valence-corrected chi connectivity index (χ3v) is 7.56. The Morgan fingerprint density at radius 3 is 2.36 bits per heavy atom.